The van der Waals surface area contributed by atoms with Crippen molar-refractivity contribution in [3.63, 3.8) is 0 Å². The molecule has 5 nitrogen and oxygen atoms in total. The molecule has 0 spiro atoms. The van der Waals surface area contributed by atoms with E-state index in [4.69, 9.17) is 0 Å². The Kier molecular flexibility index (Phi) is 5.87. The Morgan fingerprint density at radius 1 is 1.21 bits per heavy atom. The van der Waals surface area contributed by atoms with Crippen molar-refractivity contribution in [1.29, 1.82) is 0 Å². The highest BCUT2D eigenvalue weighted by Crippen LogP contribution is 2.31. The summed E-state index contributed by atoms with van der Waals surface area (Å²) >= 11 is 1.70. The van der Waals surface area contributed by atoms with E-state index in [1.807, 2.05) is 0 Å². The topological polar surface area (TPSA) is 78.0 Å². The Morgan fingerprint density at radius 3 is 2.71 bits per heavy atom. The number of aromatic amines is 1. The van der Waals surface area contributed by atoms with E-state index in [9.17, 15) is 18.7 Å². The molecule has 3 N–H and O–H groups in total. The quantitative estimate of drug-likeness (QED) is 0.698. The van der Waals surface area contributed by atoms with Crippen molar-refractivity contribution in [2.45, 2.75) is 74.3 Å². The van der Waals surface area contributed by atoms with Gasteiger partial charge in [-0.1, -0.05) is 0 Å². The average molecular weight is 410 g/mol. The van der Waals surface area contributed by atoms with Crippen LogP contribution in [0.25, 0.3) is 10.9 Å². The van der Waals surface area contributed by atoms with Gasteiger partial charge in [0.1, 0.15) is 23.2 Å². The number of fused-ring (bicyclic) bond motifs is 1. The molecule has 2 aromatic rings. The third-order valence-corrected chi connectivity index (χ3v) is 7.08. The van der Waals surface area contributed by atoms with Crippen molar-refractivity contribution in [3.05, 3.63) is 34.1 Å². The van der Waals surface area contributed by atoms with Gasteiger partial charge in [0.2, 0.25) is 0 Å². The second kappa shape index (κ2) is 8.37. The third-order valence-electron chi connectivity index (χ3n) is 5.69. The van der Waals surface area contributed by atoms with Crippen LogP contribution in [0, 0.1) is 5.82 Å². The SMILES string of the molecule is O=c1[nH]c(CSC2CCC(O)CC2)nc2cc(NC3CCCC3F)cc(F)c12. The van der Waals surface area contributed by atoms with Crippen molar-refractivity contribution in [3.8, 4) is 0 Å². The monoisotopic (exact) mass is 409 g/mol. The van der Waals surface area contributed by atoms with Crippen LogP contribution < -0.4 is 10.9 Å². The molecule has 28 heavy (non-hydrogen) atoms. The minimum absolute atomic E-state index is 0.0664. The van der Waals surface area contributed by atoms with Crippen LogP contribution >= 0.6 is 11.8 Å². The zero-order valence-electron chi connectivity index (χ0n) is 15.6. The van der Waals surface area contributed by atoms with Gasteiger partial charge >= 0.3 is 0 Å². The van der Waals surface area contributed by atoms with Crippen molar-refractivity contribution in [2.24, 2.45) is 0 Å². The standard InChI is InChI=1S/C20H25F2N3O2S/c21-14-2-1-3-16(14)23-11-8-15(22)19-17(9-11)24-18(25-20(19)27)10-28-13-6-4-12(26)5-7-13/h8-9,12-14,16,23,26H,1-7,10H2,(H,24,25,27). The number of nitrogens with zero attached hydrogens (tertiary/aromatic N) is 1. The maximum absolute atomic E-state index is 14.5. The van der Waals surface area contributed by atoms with Crippen LogP contribution in [-0.4, -0.2) is 38.6 Å². The maximum Gasteiger partial charge on any atom is 0.261 e. The molecule has 1 aromatic heterocycles. The first-order chi connectivity index (χ1) is 13.5. The minimum Gasteiger partial charge on any atom is -0.393 e. The molecular weight excluding hydrogens is 384 g/mol. The van der Waals surface area contributed by atoms with Crippen LogP contribution in [0.3, 0.4) is 0 Å². The predicted octanol–water partition coefficient (Wildman–Crippen LogP) is 3.90. The number of anilines is 1. The summed E-state index contributed by atoms with van der Waals surface area (Å²) in [6.07, 6.45) is 4.39. The lowest BCUT2D eigenvalue weighted by Crippen LogP contribution is -2.25. The number of H-pyrrole nitrogens is 1. The molecule has 0 radical (unpaired) electrons. The fourth-order valence-electron chi connectivity index (χ4n) is 4.12. The number of rotatable bonds is 5. The Bertz CT molecular complexity index is 899. The summed E-state index contributed by atoms with van der Waals surface area (Å²) in [5.41, 5.74) is 0.250. The van der Waals surface area contributed by atoms with Crippen molar-refractivity contribution in [2.75, 3.05) is 5.32 Å². The van der Waals surface area contributed by atoms with E-state index in [1.54, 1.807) is 17.8 Å². The number of halogens is 2. The summed E-state index contributed by atoms with van der Waals surface area (Å²) in [6.45, 7) is 0. The highest BCUT2D eigenvalue weighted by atomic mass is 32.2. The molecule has 1 heterocycles. The highest BCUT2D eigenvalue weighted by Gasteiger charge is 2.27. The van der Waals surface area contributed by atoms with Crippen molar-refractivity contribution in [1.82, 2.24) is 9.97 Å². The van der Waals surface area contributed by atoms with E-state index in [0.717, 1.165) is 32.1 Å². The van der Waals surface area contributed by atoms with Gasteiger partial charge in [-0.15, -0.1) is 0 Å². The second-order valence-electron chi connectivity index (χ2n) is 7.80. The second-order valence-corrected chi connectivity index (χ2v) is 9.09. The van der Waals surface area contributed by atoms with Crippen LogP contribution in [0.5, 0.6) is 0 Å². The van der Waals surface area contributed by atoms with Gasteiger partial charge in [-0.3, -0.25) is 4.79 Å². The predicted molar refractivity (Wildman–Crippen MR) is 108 cm³/mol. The first kappa shape index (κ1) is 19.6. The van der Waals surface area contributed by atoms with E-state index >= 15 is 0 Å². The van der Waals surface area contributed by atoms with Crippen LogP contribution in [0.4, 0.5) is 14.5 Å². The lowest BCUT2D eigenvalue weighted by molar-refractivity contribution is 0.132. The number of aliphatic hydroxyl groups is 1. The van der Waals surface area contributed by atoms with Crippen LogP contribution in [-0.2, 0) is 5.75 Å². The molecule has 2 unspecified atom stereocenters. The van der Waals surface area contributed by atoms with Gasteiger partial charge in [0.15, 0.2) is 0 Å². The molecular formula is C20H25F2N3O2S. The molecule has 0 saturated heterocycles. The van der Waals surface area contributed by atoms with E-state index in [1.165, 1.54) is 6.07 Å². The fraction of sp³-hybridized carbons (Fsp3) is 0.600. The summed E-state index contributed by atoms with van der Waals surface area (Å²) in [6, 6.07) is 2.55. The Balaban J connectivity index is 1.53. The van der Waals surface area contributed by atoms with Crippen LogP contribution in [0.1, 0.15) is 50.8 Å². The van der Waals surface area contributed by atoms with E-state index in [-0.39, 0.29) is 23.0 Å². The number of benzene rings is 1. The van der Waals surface area contributed by atoms with Gasteiger partial charge in [0.25, 0.3) is 5.56 Å². The van der Waals surface area contributed by atoms with Gasteiger partial charge in [-0.2, -0.15) is 11.8 Å². The average Bonchev–Trinajstić information content (AvgIpc) is 3.05. The molecule has 0 bridgehead atoms. The molecule has 2 saturated carbocycles. The Morgan fingerprint density at radius 2 is 2.00 bits per heavy atom. The lowest BCUT2D eigenvalue weighted by Gasteiger charge is -2.24. The number of alkyl halides is 1. The van der Waals surface area contributed by atoms with Gasteiger partial charge < -0.3 is 15.4 Å². The number of hydrogen-bond acceptors (Lipinski definition) is 5. The van der Waals surface area contributed by atoms with Gasteiger partial charge in [0, 0.05) is 10.9 Å². The largest absolute Gasteiger partial charge is 0.393 e. The number of nitrogens with one attached hydrogen (secondary N) is 2. The fourth-order valence-corrected chi connectivity index (χ4v) is 5.26. The first-order valence-corrected chi connectivity index (χ1v) is 11.0. The molecule has 152 valence electrons. The molecule has 0 amide bonds. The van der Waals surface area contributed by atoms with Gasteiger partial charge in [-0.05, 0) is 57.1 Å². The molecule has 2 aliphatic carbocycles. The number of aromatic nitrogens is 2. The summed E-state index contributed by atoms with van der Waals surface area (Å²) < 4.78 is 28.4. The number of hydrogen-bond donors (Lipinski definition) is 3. The van der Waals surface area contributed by atoms with E-state index in [2.05, 4.69) is 15.3 Å². The summed E-state index contributed by atoms with van der Waals surface area (Å²) in [5.74, 6) is 0.387. The number of thioether (sulfide) groups is 1. The molecule has 0 aliphatic heterocycles. The lowest BCUT2D eigenvalue weighted by atomic mass is 9.97. The van der Waals surface area contributed by atoms with E-state index < -0.39 is 17.5 Å². The van der Waals surface area contributed by atoms with Gasteiger partial charge in [-0.25, -0.2) is 13.8 Å². The molecule has 2 atom stereocenters. The zero-order chi connectivity index (χ0) is 19.7. The summed E-state index contributed by atoms with van der Waals surface area (Å²) in [7, 11) is 0. The number of aliphatic hydroxyl groups excluding tert-OH is 1. The normalized spacial score (nSPS) is 28.0. The van der Waals surface area contributed by atoms with E-state index in [0.29, 0.717) is 35.4 Å². The molecule has 2 fully saturated rings. The first-order valence-electron chi connectivity index (χ1n) is 9.92. The van der Waals surface area contributed by atoms with Crippen LogP contribution in [0.2, 0.25) is 0 Å². The van der Waals surface area contributed by atoms with Crippen molar-refractivity contribution < 1.29 is 13.9 Å². The van der Waals surface area contributed by atoms with Crippen LogP contribution in [0.15, 0.2) is 16.9 Å². The Labute approximate surface area is 166 Å². The van der Waals surface area contributed by atoms with Crippen molar-refractivity contribution >= 4 is 28.4 Å². The maximum atomic E-state index is 14.5. The third kappa shape index (κ3) is 4.33. The highest BCUT2D eigenvalue weighted by molar-refractivity contribution is 7.99. The molecule has 4 rings (SSSR count). The summed E-state index contributed by atoms with van der Waals surface area (Å²) in [5, 5.41) is 13.0. The Hall–Kier alpha value is -1.67. The van der Waals surface area contributed by atoms with Gasteiger partial charge in [0.05, 0.1) is 23.4 Å². The molecule has 8 heteroatoms. The molecule has 2 aliphatic rings. The minimum atomic E-state index is -0.938. The molecule has 1 aromatic carbocycles. The zero-order valence-corrected chi connectivity index (χ0v) is 16.4. The smallest absolute Gasteiger partial charge is 0.261 e. The summed E-state index contributed by atoms with van der Waals surface area (Å²) in [4.78, 5) is 19.5.